The summed E-state index contributed by atoms with van der Waals surface area (Å²) in [6, 6.07) is 8.25. The molecule has 1 aromatic rings. The third-order valence-corrected chi connectivity index (χ3v) is 3.30. The van der Waals surface area contributed by atoms with Crippen molar-refractivity contribution < 1.29 is 5.11 Å². The Labute approximate surface area is 106 Å². The Morgan fingerprint density at radius 3 is 2.31 bits per heavy atom. The van der Waals surface area contributed by atoms with Gasteiger partial charge in [0.05, 0.1) is 0 Å². The fourth-order valence-electron chi connectivity index (χ4n) is 1.56. The molecule has 1 unspecified atom stereocenters. The number of aliphatic hydroxyl groups is 1. The van der Waals surface area contributed by atoms with Crippen molar-refractivity contribution >= 4 is 15.9 Å². The van der Waals surface area contributed by atoms with Gasteiger partial charge in [-0.2, -0.15) is 0 Å². The maximum Gasteiger partial charge on any atom is 0.102 e. The molecule has 1 atom stereocenters. The minimum atomic E-state index is -0.773. The Balaban J connectivity index is 2.82. The zero-order valence-electron chi connectivity index (χ0n) is 10.1. The molecule has 0 heterocycles. The van der Waals surface area contributed by atoms with E-state index in [0.29, 0.717) is 19.0 Å². The molecule has 0 aliphatic heterocycles. The van der Waals surface area contributed by atoms with Crippen molar-refractivity contribution in [1.82, 2.24) is 5.32 Å². The van der Waals surface area contributed by atoms with Gasteiger partial charge in [-0.05, 0) is 24.1 Å². The van der Waals surface area contributed by atoms with Gasteiger partial charge >= 0.3 is 0 Å². The van der Waals surface area contributed by atoms with Gasteiger partial charge in [0, 0.05) is 17.1 Å². The van der Waals surface area contributed by atoms with Gasteiger partial charge in [-0.1, -0.05) is 48.8 Å². The molecule has 1 aromatic carbocycles. The average molecular weight is 286 g/mol. The van der Waals surface area contributed by atoms with Gasteiger partial charge in [0.1, 0.15) is 5.60 Å². The summed E-state index contributed by atoms with van der Waals surface area (Å²) in [5.41, 5.74) is 0.191. The lowest BCUT2D eigenvalue weighted by Gasteiger charge is -2.29. The van der Waals surface area contributed by atoms with E-state index < -0.39 is 5.60 Å². The summed E-state index contributed by atoms with van der Waals surface area (Å²) < 4.78 is 1.03. The van der Waals surface area contributed by atoms with Crippen LogP contribution in [0.3, 0.4) is 0 Å². The highest BCUT2D eigenvalue weighted by Crippen LogP contribution is 2.25. The first-order valence-corrected chi connectivity index (χ1v) is 6.49. The first-order valence-electron chi connectivity index (χ1n) is 5.70. The second-order valence-electron chi connectivity index (χ2n) is 4.43. The fraction of sp³-hybridized carbons (Fsp3) is 0.538. The van der Waals surface area contributed by atoms with Gasteiger partial charge in [-0.25, -0.2) is 0 Å². The number of halogens is 1. The van der Waals surface area contributed by atoms with Crippen LogP contribution in [0.5, 0.6) is 0 Å². The van der Waals surface area contributed by atoms with Gasteiger partial charge in [-0.3, -0.25) is 0 Å². The lowest BCUT2D eigenvalue weighted by Crippen LogP contribution is -2.40. The smallest absolute Gasteiger partial charge is 0.102 e. The summed E-state index contributed by atoms with van der Waals surface area (Å²) in [4.78, 5) is 0. The molecule has 0 amide bonds. The predicted molar refractivity (Wildman–Crippen MR) is 71.5 cm³/mol. The van der Waals surface area contributed by atoms with Crippen molar-refractivity contribution in [3.63, 3.8) is 0 Å². The van der Waals surface area contributed by atoms with E-state index in [1.54, 1.807) is 0 Å². The van der Waals surface area contributed by atoms with Crippen LogP contribution in [-0.4, -0.2) is 17.7 Å². The summed E-state index contributed by atoms with van der Waals surface area (Å²) in [5, 5.41) is 13.8. The first-order chi connectivity index (χ1) is 7.48. The van der Waals surface area contributed by atoms with E-state index in [-0.39, 0.29) is 0 Å². The Morgan fingerprint density at radius 1 is 1.31 bits per heavy atom. The summed E-state index contributed by atoms with van der Waals surface area (Å²) in [5.74, 6) is 0. The highest BCUT2D eigenvalue weighted by atomic mass is 79.9. The number of benzene rings is 1. The lowest BCUT2D eigenvalue weighted by molar-refractivity contribution is 0.0308. The molecule has 2 nitrogen and oxygen atoms in total. The topological polar surface area (TPSA) is 32.3 Å². The molecule has 0 saturated carbocycles. The van der Waals surface area contributed by atoms with Crippen molar-refractivity contribution in [1.29, 1.82) is 0 Å². The third kappa shape index (κ3) is 3.58. The fourth-order valence-corrected chi connectivity index (χ4v) is 1.83. The molecule has 0 radical (unpaired) electrons. The predicted octanol–water partition coefficient (Wildman–Crippen LogP) is 3.04. The van der Waals surface area contributed by atoms with Crippen LogP contribution in [0.15, 0.2) is 28.7 Å². The van der Waals surface area contributed by atoms with Crippen LogP contribution in [-0.2, 0) is 5.60 Å². The second-order valence-corrected chi connectivity index (χ2v) is 5.34. The molecule has 0 saturated heterocycles. The van der Waals surface area contributed by atoms with Gasteiger partial charge < -0.3 is 10.4 Å². The van der Waals surface area contributed by atoms with Gasteiger partial charge in [0.15, 0.2) is 0 Å². The van der Waals surface area contributed by atoms with Gasteiger partial charge in [0.2, 0.25) is 0 Å². The molecule has 90 valence electrons. The molecule has 0 aromatic heterocycles. The standard InChI is InChI=1S/C13H20BrNO/c1-4-13(16,9-15-10(2)3)11-5-7-12(14)8-6-11/h5-8,10,15-16H,4,9H2,1-3H3. The largest absolute Gasteiger partial charge is 0.384 e. The van der Waals surface area contributed by atoms with E-state index >= 15 is 0 Å². The van der Waals surface area contributed by atoms with E-state index in [0.717, 1.165) is 10.0 Å². The quantitative estimate of drug-likeness (QED) is 0.872. The van der Waals surface area contributed by atoms with Crippen LogP contribution in [0.4, 0.5) is 0 Å². The summed E-state index contributed by atoms with van der Waals surface area (Å²) in [6.45, 7) is 6.75. The average Bonchev–Trinajstić information content (AvgIpc) is 2.27. The minimum Gasteiger partial charge on any atom is -0.384 e. The molecule has 16 heavy (non-hydrogen) atoms. The van der Waals surface area contributed by atoms with Crippen LogP contribution < -0.4 is 5.32 Å². The van der Waals surface area contributed by atoms with Crippen LogP contribution in [0.1, 0.15) is 32.8 Å². The summed E-state index contributed by atoms with van der Waals surface area (Å²) in [6.07, 6.45) is 0.703. The molecular weight excluding hydrogens is 266 g/mol. The number of nitrogens with one attached hydrogen (secondary N) is 1. The van der Waals surface area contributed by atoms with Crippen LogP contribution >= 0.6 is 15.9 Å². The summed E-state index contributed by atoms with van der Waals surface area (Å²) >= 11 is 3.40. The zero-order valence-corrected chi connectivity index (χ0v) is 11.7. The lowest BCUT2D eigenvalue weighted by atomic mass is 9.91. The van der Waals surface area contributed by atoms with Gasteiger partial charge in [0.25, 0.3) is 0 Å². The Kier molecular flexibility index (Phi) is 4.96. The molecule has 0 fully saturated rings. The Bertz CT molecular complexity index is 323. The Morgan fingerprint density at radius 2 is 1.88 bits per heavy atom. The third-order valence-electron chi connectivity index (χ3n) is 2.77. The summed E-state index contributed by atoms with van der Waals surface area (Å²) in [7, 11) is 0. The van der Waals surface area contributed by atoms with Gasteiger partial charge in [-0.15, -0.1) is 0 Å². The van der Waals surface area contributed by atoms with E-state index in [4.69, 9.17) is 0 Å². The maximum absolute atomic E-state index is 10.6. The van der Waals surface area contributed by atoms with Crippen molar-refractivity contribution in [2.75, 3.05) is 6.54 Å². The van der Waals surface area contributed by atoms with Crippen LogP contribution in [0.2, 0.25) is 0 Å². The highest BCUT2D eigenvalue weighted by Gasteiger charge is 2.26. The van der Waals surface area contributed by atoms with E-state index in [9.17, 15) is 5.11 Å². The zero-order chi connectivity index (χ0) is 12.2. The Hall–Kier alpha value is -0.380. The van der Waals surface area contributed by atoms with E-state index in [1.807, 2.05) is 31.2 Å². The van der Waals surface area contributed by atoms with Crippen molar-refractivity contribution in [2.24, 2.45) is 0 Å². The van der Waals surface area contributed by atoms with E-state index in [1.165, 1.54) is 0 Å². The molecular formula is C13H20BrNO. The SMILES string of the molecule is CCC(O)(CNC(C)C)c1ccc(Br)cc1. The number of hydrogen-bond acceptors (Lipinski definition) is 2. The molecule has 2 N–H and O–H groups in total. The molecule has 0 bridgehead atoms. The number of hydrogen-bond donors (Lipinski definition) is 2. The van der Waals surface area contributed by atoms with Crippen LogP contribution in [0.25, 0.3) is 0 Å². The highest BCUT2D eigenvalue weighted by molar-refractivity contribution is 9.10. The van der Waals surface area contributed by atoms with E-state index in [2.05, 4.69) is 35.1 Å². The van der Waals surface area contributed by atoms with Crippen LogP contribution in [0, 0.1) is 0 Å². The van der Waals surface area contributed by atoms with Crippen molar-refractivity contribution in [3.05, 3.63) is 34.3 Å². The molecule has 3 heteroatoms. The molecule has 0 spiro atoms. The molecule has 1 rings (SSSR count). The van der Waals surface area contributed by atoms with Crippen molar-refractivity contribution in [3.8, 4) is 0 Å². The molecule has 0 aliphatic rings. The number of rotatable bonds is 5. The minimum absolute atomic E-state index is 0.383. The first kappa shape index (κ1) is 13.7. The monoisotopic (exact) mass is 285 g/mol. The second kappa shape index (κ2) is 5.80. The van der Waals surface area contributed by atoms with Crippen molar-refractivity contribution in [2.45, 2.75) is 38.8 Å². The maximum atomic E-state index is 10.6. The normalized spacial score (nSPS) is 15.1. The molecule has 0 aliphatic carbocycles.